The van der Waals surface area contributed by atoms with E-state index in [4.69, 9.17) is 17.3 Å². The summed E-state index contributed by atoms with van der Waals surface area (Å²) in [4.78, 5) is 25.1. The van der Waals surface area contributed by atoms with Crippen molar-refractivity contribution in [2.75, 3.05) is 10.6 Å². The van der Waals surface area contributed by atoms with Crippen LogP contribution in [-0.2, 0) is 4.79 Å². The van der Waals surface area contributed by atoms with E-state index in [2.05, 4.69) is 25.6 Å². The molecule has 2 heterocycles. The molecule has 3 atom stereocenters. The van der Waals surface area contributed by atoms with Crippen LogP contribution in [0.1, 0.15) is 57.9 Å². The normalized spacial score (nSPS) is 18.7. The van der Waals surface area contributed by atoms with Gasteiger partial charge in [0.2, 0.25) is 17.8 Å². The second-order valence-corrected chi connectivity index (χ2v) is 9.24. The number of halogens is 3. The first-order valence-electron chi connectivity index (χ1n) is 11.6. The third kappa shape index (κ3) is 5.79. The average Bonchev–Trinajstić information content (AvgIpc) is 3.36. The van der Waals surface area contributed by atoms with E-state index in [1.807, 2.05) is 6.92 Å². The fraction of sp³-hybridized carbons (Fsp3) is 0.478. The number of hydrogen-bond acceptors (Lipinski definition) is 7. The van der Waals surface area contributed by atoms with Crippen molar-refractivity contribution < 1.29 is 18.7 Å². The number of primary amides is 1. The Morgan fingerprint density at radius 2 is 2.11 bits per heavy atom. The largest absolute Gasteiger partial charge is 0.393 e. The van der Waals surface area contributed by atoms with Gasteiger partial charge in [0.05, 0.1) is 23.0 Å². The monoisotopic (exact) mass is 507 g/mol. The number of nitrogens with zero attached hydrogens (tertiary/aromatic N) is 4. The zero-order valence-electron chi connectivity index (χ0n) is 19.3. The van der Waals surface area contributed by atoms with Gasteiger partial charge in [0.1, 0.15) is 11.3 Å². The highest BCUT2D eigenvalue weighted by Crippen LogP contribution is 2.34. The molecule has 1 fully saturated rings. The number of carbonyl (C=O) groups excluding carboxylic acids is 1. The molecule has 12 heteroatoms. The molecule has 9 nitrogen and oxygen atoms in total. The Labute approximate surface area is 206 Å². The van der Waals surface area contributed by atoms with E-state index < -0.39 is 17.5 Å². The van der Waals surface area contributed by atoms with Gasteiger partial charge in [-0.15, -0.1) is 0 Å². The summed E-state index contributed by atoms with van der Waals surface area (Å²) in [7, 11) is 0. The molecule has 0 saturated heterocycles. The van der Waals surface area contributed by atoms with Gasteiger partial charge < -0.3 is 21.5 Å². The maximum absolute atomic E-state index is 14.6. The first-order chi connectivity index (χ1) is 16.7. The molecule has 1 saturated carbocycles. The summed E-state index contributed by atoms with van der Waals surface area (Å²) in [5, 5.41) is 15.8. The molecule has 35 heavy (non-hydrogen) atoms. The Morgan fingerprint density at radius 1 is 1.31 bits per heavy atom. The second kappa shape index (κ2) is 10.7. The van der Waals surface area contributed by atoms with E-state index in [-0.39, 0.29) is 41.3 Å². The predicted molar refractivity (Wildman–Crippen MR) is 130 cm³/mol. The van der Waals surface area contributed by atoms with Crippen molar-refractivity contribution >= 4 is 46.3 Å². The molecule has 1 aromatic carbocycles. The van der Waals surface area contributed by atoms with Crippen molar-refractivity contribution in [1.82, 2.24) is 19.5 Å². The van der Waals surface area contributed by atoms with Crippen LogP contribution in [0.2, 0.25) is 5.02 Å². The SMILES string of the molecule is CCC[C@H](CCC(N)=O)n1c(Nc2c(F)cc(F)cc2Cl)nc2cnc(N[C@@H]3CC[C@@H](O)C3)nc21. The lowest BCUT2D eigenvalue weighted by molar-refractivity contribution is -0.118. The molecule has 2 aromatic heterocycles. The number of aliphatic hydroxyl groups is 1. The fourth-order valence-electron chi connectivity index (χ4n) is 4.48. The number of fused-ring (bicyclic) bond motifs is 1. The second-order valence-electron chi connectivity index (χ2n) is 8.83. The number of nitrogens with one attached hydrogen (secondary N) is 2. The van der Waals surface area contributed by atoms with Gasteiger partial charge in [-0.25, -0.2) is 18.7 Å². The minimum absolute atomic E-state index is 0.0461. The maximum Gasteiger partial charge on any atom is 0.224 e. The summed E-state index contributed by atoms with van der Waals surface area (Å²) in [5.74, 6) is -1.49. The number of rotatable bonds is 10. The maximum atomic E-state index is 14.6. The number of nitrogens with two attached hydrogens (primary N) is 1. The van der Waals surface area contributed by atoms with Crippen LogP contribution in [0, 0.1) is 11.6 Å². The Kier molecular flexibility index (Phi) is 7.66. The third-order valence-corrected chi connectivity index (χ3v) is 6.42. The highest BCUT2D eigenvalue weighted by atomic mass is 35.5. The summed E-state index contributed by atoms with van der Waals surface area (Å²) >= 11 is 6.11. The first-order valence-corrected chi connectivity index (χ1v) is 12.0. The lowest BCUT2D eigenvalue weighted by Gasteiger charge is -2.21. The molecule has 1 aliphatic rings. The zero-order chi connectivity index (χ0) is 25.1. The van der Waals surface area contributed by atoms with Gasteiger partial charge in [0, 0.05) is 24.6 Å². The zero-order valence-corrected chi connectivity index (χ0v) is 20.0. The highest BCUT2D eigenvalue weighted by Gasteiger charge is 2.26. The topological polar surface area (TPSA) is 131 Å². The molecule has 1 amide bonds. The molecular weight excluding hydrogens is 480 g/mol. The Morgan fingerprint density at radius 3 is 2.77 bits per heavy atom. The average molecular weight is 508 g/mol. The van der Waals surface area contributed by atoms with Crippen LogP contribution < -0.4 is 16.4 Å². The van der Waals surface area contributed by atoms with E-state index in [0.29, 0.717) is 42.8 Å². The summed E-state index contributed by atoms with van der Waals surface area (Å²) < 4.78 is 29.9. The van der Waals surface area contributed by atoms with E-state index in [1.54, 1.807) is 10.8 Å². The summed E-state index contributed by atoms with van der Waals surface area (Å²) in [6.45, 7) is 2.01. The van der Waals surface area contributed by atoms with Crippen molar-refractivity contribution in [2.45, 2.75) is 70.1 Å². The van der Waals surface area contributed by atoms with Crippen LogP contribution >= 0.6 is 11.6 Å². The van der Waals surface area contributed by atoms with Gasteiger partial charge in [-0.05, 0) is 38.2 Å². The summed E-state index contributed by atoms with van der Waals surface area (Å²) in [6.07, 6.45) is 5.35. The van der Waals surface area contributed by atoms with Crippen molar-refractivity contribution in [3.05, 3.63) is 35.0 Å². The molecule has 0 radical (unpaired) electrons. The highest BCUT2D eigenvalue weighted by molar-refractivity contribution is 6.33. The number of imidazole rings is 1. The van der Waals surface area contributed by atoms with Crippen molar-refractivity contribution in [3.63, 3.8) is 0 Å². The molecular formula is C23H28ClF2N7O2. The van der Waals surface area contributed by atoms with Gasteiger partial charge in [0.15, 0.2) is 11.5 Å². The van der Waals surface area contributed by atoms with Gasteiger partial charge in [0.25, 0.3) is 0 Å². The smallest absolute Gasteiger partial charge is 0.224 e. The van der Waals surface area contributed by atoms with Gasteiger partial charge in [-0.3, -0.25) is 9.36 Å². The molecule has 1 aliphatic carbocycles. The molecule has 0 unspecified atom stereocenters. The molecule has 4 rings (SSSR count). The number of benzene rings is 1. The lowest BCUT2D eigenvalue weighted by Crippen LogP contribution is -2.19. The van der Waals surface area contributed by atoms with Crippen LogP contribution in [0.15, 0.2) is 18.3 Å². The standard InChI is InChI=1S/C23H28ClF2N7O2/c1-2-3-14(5-7-19(27)35)33-21-18(11-28-22(32-21)29-13-4-6-15(34)10-13)30-23(33)31-20-16(24)8-12(25)9-17(20)26/h8-9,11,13-15,34H,2-7,10H2,1H3,(H2,27,35)(H,30,31)(H,28,29,32)/t13-,14-,15-/m1/s1. The van der Waals surface area contributed by atoms with Crippen LogP contribution in [0.3, 0.4) is 0 Å². The van der Waals surface area contributed by atoms with Gasteiger partial charge in [-0.2, -0.15) is 4.98 Å². The quantitative estimate of drug-likeness (QED) is 0.319. The minimum atomic E-state index is -0.869. The van der Waals surface area contributed by atoms with Crippen molar-refractivity contribution in [2.24, 2.45) is 5.73 Å². The van der Waals surface area contributed by atoms with Crippen LogP contribution in [0.4, 0.5) is 26.4 Å². The molecule has 0 bridgehead atoms. The van der Waals surface area contributed by atoms with Crippen molar-refractivity contribution in [1.29, 1.82) is 0 Å². The lowest BCUT2D eigenvalue weighted by atomic mass is 10.1. The summed E-state index contributed by atoms with van der Waals surface area (Å²) in [5.41, 5.74) is 6.21. The van der Waals surface area contributed by atoms with Crippen LogP contribution in [0.25, 0.3) is 11.2 Å². The third-order valence-electron chi connectivity index (χ3n) is 6.13. The molecule has 3 aromatic rings. The number of amides is 1. The van der Waals surface area contributed by atoms with Crippen molar-refractivity contribution in [3.8, 4) is 0 Å². The Balaban J connectivity index is 1.78. The Bertz CT molecular complexity index is 1200. The van der Waals surface area contributed by atoms with Crippen LogP contribution in [-0.4, -0.2) is 42.7 Å². The van der Waals surface area contributed by atoms with E-state index in [9.17, 15) is 18.7 Å². The van der Waals surface area contributed by atoms with E-state index in [0.717, 1.165) is 25.0 Å². The first kappa shape index (κ1) is 25.1. The molecule has 0 spiro atoms. The van der Waals surface area contributed by atoms with E-state index >= 15 is 0 Å². The number of carbonyl (C=O) groups is 1. The molecule has 5 N–H and O–H groups in total. The Hall–Kier alpha value is -3.05. The number of aliphatic hydroxyl groups excluding tert-OH is 1. The molecule has 188 valence electrons. The van der Waals surface area contributed by atoms with Crippen LogP contribution in [0.5, 0.6) is 0 Å². The summed E-state index contributed by atoms with van der Waals surface area (Å²) in [6, 6.07) is 1.55. The number of anilines is 3. The van der Waals surface area contributed by atoms with Gasteiger partial charge >= 0.3 is 0 Å². The van der Waals surface area contributed by atoms with Gasteiger partial charge in [-0.1, -0.05) is 24.9 Å². The van der Waals surface area contributed by atoms with E-state index in [1.165, 1.54) is 0 Å². The predicted octanol–water partition coefficient (Wildman–Crippen LogP) is 4.43. The fourth-order valence-corrected chi connectivity index (χ4v) is 4.73. The number of hydrogen-bond donors (Lipinski definition) is 4. The minimum Gasteiger partial charge on any atom is -0.393 e. The molecule has 0 aliphatic heterocycles. The number of aromatic nitrogens is 4.